The van der Waals surface area contributed by atoms with E-state index in [1.54, 1.807) is 6.33 Å². The van der Waals surface area contributed by atoms with Gasteiger partial charge in [-0.3, -0.25) is 0 Å². The summed E-state index contributed by atoms with van der Waals surface area (Å²) in [6, 6.07) is 0. The molecule has 0 bridgehead atoms. The molecule has 1 aromatic heterocycles. The Morgan fingerprint density at radius 2 is 2.28 bits per heavy atom. The van der Waals surface area contributed by atoms with E-state index in [0.29, 0.717) is 10.7 Å². The van der Waals surface area contributed by atoms with Gasteiger partial charge in [-0.2, -0.15) is 16.9 Å². The summed E-state index contributed by atoms with van der Waals surface area (Å²) in [5.41, 5.74) is 0. The van der Waals surface area contributed by atoms with Gasteiger partial charge in [0.15, 0.2) is 0 Å². The maximum absolute atomic E-state index is 4.34. The number of hydrogen-bond acceptors (Lipinski definition) is 4. The third-order valence-electron chi connectivity index (χ3n) is 3.66. The summed E-state index contributed by atoms with van der Waals surface area (Å²) in [6.07, 6.45) is 7.96. The van der Waals surface area contributed by atoms with Crippen molar-refractivity contribution in [2.75, 3.05) is 12.8 Å². The summed E-state index contributed by atoms with van der Waals surface area (Å²) in [6.45, 7) is 7.27. The van der Waals surface area contributed by atoms with E-state index in [0.717, 1.165) is 25.5 Å². The van der Waals surface area contributed by atoms with Crippen molar-refractivity contribution >= 4 is 11.8 Å². The number of rotatable bonds is 7. The Hall–Kier alpha value is -0.550. The van der Waals surface area contributed by atoms with Gasteiger partial charge in [-0.15, -0.1) is 0 Å². The van der Waals surface area contributed by atoms with Crippen molar-refractivity contribution in [3.63, 3.8) is 0 Å². The van der Waals surface area contributed by atoms with Crippen LogP contribution in [0.1, 0.15) is 38.9 Å². The molecule has 1 aromatic rings. The largest absolute Gasteiger partial charge is 0.308 e. The predicted octanol–water partition coefficient (Wildman–Crippen LogP) is 2.31. The minimum absolute atomic E-state index is 0.489. The molecule has 0 spiro atoms. The Labute approximate surface area is 114 Å². The molecule has 0 aromatic carbocycles. The molecule has 0 radical (unpaired) electrons. The molecule has 1 fully saturated rings. The Kier molecular flexibility index (Phi) is 4.67. The summed E-state index contributed by atoms with van der Waals surface area (Å²) >= 11 is 2.01. The first-order valence-electron chi connectivity index (χ1n) is 6.78. The molecule has 18 heavy (non-hydrogen) atoms. The highest BCUT2D eigenvalue weighted by Crippen LogP contribution is 2.42. The van der Waals surface area contributed by atoms with Gasteiger partial charge >= 0.3 is 0 Å². The molecule has 0 aliphatic heterocycles. The molecular weight excluding hydrogens is 244 g/mol. The van der Waals surface area contributed by atoms with E-state index in [1.165, 1.54) is 19.3 Å². The van der Waals surface area contributed by atoms with Gasteiger partial charge in [-0.05, 0) is 25.0 Å². The second kappa shape index (κ2) is 6.06. The van der Waals surface area contributed by atoms with Crippen LogP contribution in [0.4, 0.5) is 0 Å². The molecule has 102 valence electrons. The van der Waals surface area contributed by atoms with Crippen LogP contribution in [0.5, 0.6) is 0 Å². The van der Waals surface area contributed by atoms with Crippen molar-refractivity contribution in [2.24, 2.45) is 5.92 Å². The number of nitrogens with zero attached hydrogens (tertiary/aromatic N) is 3. The van der Waals surface area contributed by atoms with E-state index in [9.17, 15) is 0 Å². The predicted molar refractivity (Wildman–Crippen MR) is 76.7 cm³/mol. The normalized spacial score (nSPS) is 18.0. The van der Waals surface area contributed by atoms with Gasteiger partial charge in [0.1, 0.15) is 12.2 Å². The van der Waals surface area contributed by atoms with Gasteiger partial charge in [0, 0.05) is 17.8 Å². The molecule has 0 unspecified atom stereocenters. The summed E-state index contributed by atoms with van der Waals surface area (Å²) in [7, 11) is 0. The third kappa shape index (κ3) is 3.26. The van der Waals surface area contributed by atoms with Gasteiger partial charge in [0.05, 0.1) is 6.54 Å². The van der Waals surface area contributed by atoms with Crippen LogP contribution in [0, 0.1) is 5.92 Å². The Balaban J connectivity index is 1.81. The third-order valence-corrected chi connectivity index (χ3v) is 5.08. The quantitative estimate of drug-likeness (QED) is 0.824. The van der Waals surface area contributed by atoms with Crippen molar-refractivity contribution in [2.45, 2.75) is 50.9 Å². The Morgan fingerprint density at radius 1 is 1.50 bits per heavy atom. The van der Waals surface area contributed by atoms with E-state index in [-0.39, 0.29) is 0 Å². The fraction of sp³-hybridized carbons (Fsp3) is 0.846. The highest BCUT2D eigenvalue weighted by atomic mass is 32.2. The maximum Gasteiger partial charge on any atom is 0.140 e. The van der Waals surface area contributed by atoms with Gasteiger partial charge < -0.3 is 5.32 Å². The summed E-state index contributed by atoms with van der Waals surface area (Å²) in [4.78, 5) is 4.34. The number of thioether (sulfide) groups is 1. The van der Waals surface area contributed by atoms with Crippen LogP contribution in [-0.2, 0) is 13.1 Å². The molecule has 2 rings (SSSR count). The number of aromatic nitrogens is 3. The zero-order valence-electron chi connectivity index (χ0n) is 11.6. The second-order valence-electron chi connectivity index (χ2n) is 5.60. The highest BCUT2D eigenvalue weighted by molar-refractivity contribution is 8.00. The molecule has 0 atom stereocenters. The minimum Gasteiger partial charge on any atom is -0.308 e. The summed E-state index contributed by atoms with van der Waals surface area (Å²) < 4.78 is 2.51. The van der Waals surface area contributed by atoms with E-state index in [2.05, 4.69) is 35.5 Å². The van der Waals surface area contributed by atoms with Crippen molar-refractivity contribution in [1.29, 1.82) is 0 Å². The lowest BCUT2D eigenvalue weighted by Gasteiger charge is -2.40. The van der Waals surface area contributed by atoms with E-state index in [4.69, 9.17) is 0 Å². The molecular formula is C13H24N4S. The lowest BCUT2D eigenvalue weighted by Crippen LogP contribution is -2.43. The SMILES string of the molecule is CSC1(CNCc2ncnn2CC(C)C)CCC1. The lowest BCUT2D eigenvalue weighted by molar-refractivity contribution is 0.342. The van der Waals surface area contributed by atoms with Crippen molar-refractivity contribution in [1.82, 2.24) is 20.1 Å². The molecule has 0 saturated heterocycles. The fourth-order valence-corrected chi connectivity index (χ4v) is 3.29. The van der Waals surface area contributed by atoms with Crippen LogP contribution >= 0.6 is 11.8 Å². The lowest BCUT2D eigenvalue weighted by atomic mass is 9.84. The Bertz CT molecular complexity index is 365. The fourth-order valence-electron chi connectivity index (χ4n) is 2.35. The van der Waals surface area contributed by atoms with E-state index < -0.39 is 0 Å². The summed E-state index contributed by atoms with van der Waals surface area (Å²) in [5.74, 6) is 1.66. The molecule has 5 heteroatoms. The van der Waals surface area contributed by atoms with Gasteiger partial charge in [-0.1, -0.05) is 20.3 Å². The highest BCUT2D eigenvalue weighted by Gasteiger charge is 2.35. The first kappa shape index (κ1) is 13.9. The average Bonchev–Trinajstić information content (AvgIpc) is 2.69. The van der Waals surface area contributed by atoms with Crippen molar-refractivity contribution in [3.05, 3.63) is 12.2 Å². The van der Waals surface area contributed by atoms with Crippen molar-refractivity contribution in [3.8, 4) is 0 Å². The Morgan fingerprint density at radius 3 is 2.83 bits per heavy atom. The van der Waals surface area contributed by atoms with Crippen LogP contribution in [0.15, 0.2) is 6.33 Å². The molecule has 1 aliphatic carbocycles. The molecule has 1 heterocycles. The van der Waals surface area contributed by atoms with Crippen LogP contribution < -0.4 is 5.32 Å². The van der Waals surface area contributed by atoms with E-state index in [1.807, 2.05) is 16.4 Å². The monoisotopic (exact) mass is 268 g/mol. The zero-order chi connectivity index (χ0) is 13.0. The van der Waals surface area contributed by atoms with Gasteiger partial charge in [0.2, 0.25) is 0 Å². The van der Waals surface area contributed by atoms with Crippen LogP contribution in [-0.4, -0.2) is 32.3 Å². The first-order chi connectivity index (χ1) is 8.65. The number of hydrogen-bond donors (Lipinski definition) is 1. The first-order valence-corrected chi connectivity index (χ1v) is 8.00. The van der Waals surface area contributed by atoms with Crippen LogP contribution in [0.2, 0.25) is 0 Å². The molecule has 1 saturated carbocycles. The second-order valence-corrected chi connectivity index (χ2v) is 6.87. The van der Waals surface area contributed by atoms with Crippen molar-refractivity contribution < 1.29 is 0 Å². The van der Waals surface area contributed by atoms with Gasteiger partial charge in [0.25, 0.3) is 0 Å². The molecule has 4 nitrogen and oxygen atoms in total. The molecule has 1 aliphatic rings. The van der Waals surface area contributed by atoms with Gasteiger partial charge in [-0.25, -0.2) is 9.67 Å². The standard InChI is InChI=1S/C13H24N4S/c1-11(2)8-17-12(15-10-16-17)7-14-9-13(18-3)5-4-6-13/h10-11,14H,4-9H2,1-3H3. The zero-order valence-corrected chi connectivity index (χ0v) is 12.5. The molecule has 1 N–H and O–H groups in total. The summed E-state index contributed by atoms with van der Waals surface area (Å²) in [5, 5.41) is 7.84. The van der Waals surface area contributed by atoms with E-state index >= 15 is 0 Å². The topological polar surface area (TPSA) is 42.7 Å². The average molecular weight is 268 g/mol. The molecule has 0 amide bonds. The smallest absolute Gasteiger partial charge is 0.140 e. The van der Waals surface area contributed by atoms with Crippen LogP contribution in [0.3, 0.4) is 0 Å². The number of nitrogens with one attached hydrogen (secondary N) is 1. The van der Waals surface area contributed by atoms with Crippen LogP contribution in [0.25, 0.3) is 0 Å². The maximum atomic E-state index is 4.34. The minimum atomic E-state index is 0.489.